The Morgan fingerprint density at radius 2 is 2.17 bits per heavy atom. The van der Waals surface area contributed by atoms with Crippen LogP contribution >= 0.6 is 11.3 Å². The Balaban J connectivity index is 1.40. The summed E-state index contributed by atoms with van der Waals surface area (Å²) >= 11 is 1.52. The van der Waals surface area contributed by atoms with E-state index in [1.807, 2.05) is 27.8 Å². The summed E-state index contributed by atoms with van der Waals surface area (Å²) in [6.07, 6.45) is 6.64. The van der Waals surface area contributed by atoms with Crippen LogP contribution in [0.2, 0.25) is 0 Å². The number of furan rings is 1. The number of likely N-dealkylation sites (tertiary alicyclic amines) is 1. The van der Waals surface area contributed by atoms with Gasteiger partial charge in [-0.3, -0.25) is 9.59 Å². The van der Waals surface area contributed by atoms with Crippen LogP contribution in [0.5, 0.6) is 0 Å². The molecule has 0 radical (unpaired) electrons. The zero-order valence-corrected chi connectivity index (χ0v) is 14.1. The van der Waals surface area contributed by atoms with Crippen molar-refractivity contribution < 1.29 is 14.0 Å². The zero-order valence-electron chi connectivity index (χ0n) is 13.3. The highest BCUT2D eigenvalue weighted by Crippen LogP contribution is 2.17. The van der Waals surface area contributed by atoms with Crippen molar-refractivity contribution in [3.8, 4) is 0 Å². The molecule has 24 heavy (non-hydrogen) atoms. The van der Waals surface area contributed by atoms with Crippen molar-refractivity contribution in [3.05, 3.63) is 52.6 Å². The van der Waals surface area contributed by atoms with E-state index in [-0.39, 0.29) is 11.8 Å². The molecule has 0 bridgehead atoms. The molecule has 2 amide bonds. The smallest absolute Gasteiger partial charge is 0.252 e. The molecular weight excluding hydrogens is 324 g/mol. The number of nitrogens with zero attached hydrogens (tertiary/aromatic N) is 1. The van der Waals surface area contributed by atoms with Crippen molar-refractivity contribution in [3.63, 3.8) is 0 Å². The van der Waals surface area contributed by atoms with Crippen LogP contribution in [0.15, 0.2) is 45.7 Å². The van der Waals surface area contributed by atoms with Gasteiger partial charge in [-0.1, -0.05) is 0 Å². The Morgan fingerprint density at radius 1 is 1.33 bits per heavy atom. The van der Waals surface area contributed by atoms with Crippen LogP contribution < -0.4 is 5.32 Å². The summed E-state index contributed by atoms with van der Waals surface area (Å²) < 4.78 is 5.18. The molecule has 126 valence electrons. The van der Waals surface area contributed by atoms with Crippen molar-refractivity contribution in [2.45, 2.75) is 12.8 Å². The van der Waals surface area contributed by atoms with Gasteiger partial charge in [0.25, 0.3) is 5.91 Å². The minimum Gasteiger partial charge on any atom is -0.465 e. The fourth-order valence-corrected chi connectivity index (χ4v) is 3.37. The van der Waals surface area contributed by atoms with Gasteiger partial charge in [0, 0.05) is 36.7 Å². The Morgan fingerprint density at radius 3 is 2.83 bits per heavy atom. The first-order valence-electron chi connectivity index (χ1n) is 8.03. The zero-order chi connectivity index (χ0) is 16.8. The number of piperidine rings is 1. The maximum Gasteiger partial charge on any atom is 0.252 e. The molecule has 1 saturated heterocycles. The van der Waals surface area contributed by atoms with Gasteiger partial charge in [-0.25, -0.2) is 0 Å². The van der Waals surface area contributed by atoms with Crippen LogP contribution in [0, 0.1) is 5.92 Å². The van der Waals surface area contributed by atoms with E-state index in [1.165, 1.54) is 11.3 Å². The van der Waals surface area contributed by atoms with Crippen LogP contribution in [0.3, 0.4) is 0 Å². The number of hydrogen-bond acceptors (Lipinski definition) is 4. The second-order valence-corrected chi connectivity index (χ2v) is 6.62. The van der Waals surface area contributed by atoms with Crippen molar-refractivity contribution in [2.75, 3.05) is 19.6 Å². The van der Waals surface area contributed by atoms with Gasteiger partial charge in [-0.15, -0.1) is 0 Å². The van der Waals surface area contributed by atoms with E-state index in [1.54, 1.807) is 24.5 Å². The van der Waals surface area contributed by atoms with E-state index < -0.39 is 0 Å². The maximum atomic E-state index is 12.2. The van der Waals surface area contributed by atoms with Crippen LogP contribution in [0.4, 0.5) is 0 Å². The minimum atomic E-state index is -0.0175. The van der Waals surface area contributed by atoms with E-state index in [9.17, 15) is 9.59 Å². The molecule has 0 atom stereocenters. The molecule has 1 fully saturated rings. The molecule has 0 unspecified atom stereocenters. The monoisotopic (exact) mass is 344 g/mol. The molecule has 6 heteroatoms. The lowest BCUT2D eigenvalue weighted by Crippen LogP contribution is -2.40. The normalized spacial score (nSPS) is 15.8. The molecule has 0 aliphatic carbocycles. The summed E-state index contributed by atoms with van der Waals surface area (Å²) in [5.74, 6) is 1.09. The van der Waals surface area contributed by atoms with Crippen molar-refractivity contribution in [1.29, 1.82) is 0 Å². The Labute approximate surface area is 145 Å². The fraction of sp³-hybridized carbons (Fsp3) is 0.333. The van der Waals surface area contributed by atoms with Gasteiger partial charge in [0.05, 0.1) is 6.26 Å². The fourth-order valence-electron chi connectivity index (χ4n) is 2.74. The third-order valence-corrected chi connectivity index (χ3v) is 4.88. The molecular formula is C18H20N2O3S. The van der Waals surface area contributed by atoms with E-state index in [0.717, 1.165) is 31.5 Å². The first kappa shape index (κ1) is 16.5. The van der Waals surface area contributed by atoms with Crippen LogP contribution in [0.25, 0.3) is 6.08 Å². The van der Waals surface area contributed by atoms with E-state index >= 15 is 0 Å². The first-order valence-corrected chi connectivity index (χ1v) is 8.97. The number of nitrogens with one attached hydrogen (secondary N) is 1. The van der Waals surface area contributed by atoms with Gasteiger partial charge < -0.3 is 14.6 Å². The van der Waals surface area contributed by atoms with Crippen LogP contribution in [-0.2, 0) is 4.79 Å². The predicted octanol–water partition coefficient (Wildman–Crippen LogP) is 3.02. The average Bonchev–Trinajstić information content (AvgIpc) is 3.31. The van der Waals surface area contributed by atoms with E-state index in [4.69, 9.17) is 4.42 Å². The second-order valence-electron chi connectivity index (χ2n) is 5.84. The van der Waals surface area contributed by atoms with Gasteiger partial charge in [0.2, 0.25) is 5.91 Å². The maximum absolute atomic E-state index is 12.2. The lowest BCUT2D eigenvalue weighted by atomic mass is 9.96. The molecule has 0 spiro atoms. The number of rotatable bonds is 5. The molecule has 0 saturated carbocycles. The summed E-state index contributed by atoms with van der Waals surface area (Å²) in [5.41, 5.74) is 0.718. The lowest BCUT2D eigenvalue weighted by Gasteiger charge is -2.31. The van der Waals surface area contributed by atoms with Crippen molar-refractivity contribution in [2.24, 2.45) is 5.92 Å². The van der Waals surface area contributed by atoms with Gasteiger partial charge in [0.15, 0.2) is 0 Å². The van der Waals surface area contributed by atoms with Gasteiger partial charge in [-0.2, -0.15) is 11.3 Å². The lowest BCUT2D eigenvalue weighted by molar-refractivity contribution is -0.127. The largest absolute Gasteiger partial charge is 0.465 e. The number of carbonyl (C=O) groups excluding carboxylic acids is 2. The molecule has 0 aromatic carbocycles. The number of carbonyl (C=O) groups is 2. The van der Waals surface area contributed by atoms with Gasteiger partial charge in [-0.05, 0) is 48.4 Å². The summed E-state index contributed by atoms with van der Waals surface area (Å²) in [4.78, 5) is 25.9. The highest BCUT2D eigenvalue weighted by atomic mass is 32.1. The summed E-state index contributed by atoms with van der Waals surface area (Å²) in [6.45, 7) is 2.11. The predicted molar refractivity (Wildman–Crippen MR) is 93.7 cm³/mol. The second kappa shape index (κ2) is 7.97. The van der Waals surface area contributed by atoms with E-state index in [0.29, 0.717) is 18.2 Å². The number of amides is 2. The quantitative estimate of drug-likeness (QED) is 0.848. The molecule has 1 N–H and O–H groups in total. The van der Waals surface area contributed by atoms with Crippen LogP contribution in [-0.4, -0.2) is 36.3 Å². The SMILES string of the molecule is O=C(NCC1CCN(C(=O)/C=C/c2ccco2)CC1)c1ccsc1. The summed E-state index contributed by atoms with van der Waals surface area (Å²) in [5, 5.41) is 6.73. The van der Waals surface area contributed by atoms with Gasteiger partial charge in [0.1, 0.15) is 5.76 Å². The standard InChI is InChI=1S/C18H20N2O3S/c21-17(4-3-16-2-1-10-23-16)20-8-5-14(6-9-20)12-19-18(22)15-7-11-24-13-15/h1-4,7,10-11,13-14H,5-6,8-9,12H2,(H,19,22)/b4-3+. The molecule has 1 aliphatic rings. The average molecular weight is 344 g/mol. The van der Waals surface area contributed by atoms with Crippen molar-refractivity contribution >= 4 is 29.2 Å². The van der Waals surface area contributed by atoms with E-state index in [2.05, 4.69) is 5.32 Å². The topological polar surface area (TPSA) is 62.6 Å². The van der Waals surface area contributed by atoms with Crippen LogP contribution in [0.1, 0.15) is 29.0 Å². The first-order chi connectivity index (χ1) is 11.7. The highest BCUT2D eigenvalue weighted by molar-refractivity contribution is 7.08. The molecule has 3 heterocycles. The Bertz CT molecular complexity index is 684. The molecule has 2 aromatic rings. The molecule has 5 nitrogen and oxygen atoms in total. The highest BCUT2D eigenvalue weighted by Gasteiger charge is 2.22. The Hall–Kier alpha value is -2.34. The van der Waals surface area contributed by atoms with Gasteiger partial charge >= 0.3 is 0 Å². The minimum absolute atomic E-state index is 0.00663. The number of hydrogen-bond donors (Lipinski definition) is 1. The molecule has 1 aliphatic heterocycles. The van der Waals surface area contributed by atoms with Crippen molar-refractivity contribution in [1.82, 2.24) is 10.2 Å². The summed E-state index contributed by atoms with van der Waals surface area (Å²) in [6, 6.07) is 5.43. The third-order valence-electron chi connectivity index (χ3n) is 4.19. The number of thiophene rings is 1. The molecule has 3 rings (SSSR count). The summed E-state index contributed by atoms with van der Waals surface area (Å²) in [7, 11) is 0. The molecule has 2 aromatic heterocycles. The Kier molecular flexibility index (Phi) is 5.48. The third kappa shape index (κ3) is 4.35.